The zero-order valence-corrected chi connectivity index (χ0v) is 13.6. The molecule has 23 heavy (non-hydrogen) atoms. The van der Waals surface area contributed by atoms with E-state index in [9.17, 15) is 13.2 Å². The van der Waals surface area contributed by atoms with Crippen molar-refractivity contribution < 1.29 is 13.2 Å². The second kappa shape index (κ2) is 6.16. The van der Waals surface area contributed by atoms with Crippen molar-refractivity contribution in [3.63, 3.8) is 0 Å². The highest BCUT2D eigenvalue weighted by Crippen LogP contribution is 2.35. The van der Waals surface area contributed by atoms with E-state index in [1.165, 1.54) is 0 Å². The average molecular weight is 329 g/mol. The highest BCUT2D eigenvalue weighted by atomic mass is 32.2. The van der Waals surface area contributed by atoms with E-state index in [1.54, 1.807) is 42.5 Å². The Morgan fingerprint density at radius 1 is 1.09 bits per heavy atom. The number of fused-ring (bicyclic) bond motifs is 1. The van der Waals surface area contributed by atoms with E-state index < -0.39 is 9.84 Å². The SMILES string of the molecule is NC(=O)CC1CCCc2cc(S(=O)(=O)c3ccccc3)ccc21. The molecule has 5 heteroatoms. The van der Waals surface area contributed by atoms with E-state index in [0.29, 0.717) is 16.2 Å². The smallest absolute Gasteiger partial charge is 0.218 e. The second-order valence-electron chi connectivity index (χ2n) is 5.94. The maximum atomic E-state index is 12.7. The molecule has 4 nitrogen and oxygen atoms in total. The van der Waals surface area contributed by atoms with Crippen LogP contribution in [-0.2, 0) is 21.1 Å². The Bertz CT molecular complexity index is 829. The van der Waals surface area contributed by atoms with Gasteiger partial charge in [0.1, 0.15) is 0 Å². The molecule has 3 rings (SSSR count). The number of hydrogen-bond donors (Lipinski definition) is 1. The lowest BCUT2D eigenvalue weighted by Crippen LogP contribution is -2.19. The predicted molar refractivity (Wildman–Crippen MR) is 87.8 cm³/mol. The fraction of sp³-hybridized carbons (Fsp3) is 0.278. The number of aryl methyl sites for hydroxylation is 1. The summed E-state index contributed by atoms with van der Waals surface area (Å²) >= 11 is 0. The highest BCUT2D eigenvalue weighted by Gasteiger charge is 2.25. The molecule has 1 amide bonds. The van der Waals surface area contributed by atoms with Crippen LogP contribution in [0.5, 0.6) is 0 Å². The Hall–Kier alpha value is -2.14. The molecule has 0 saturated carbocycles. The number of amides is 1. The summed E-state index contributed by atoms with van der Waals surface area (Å²) in [5.74, 6) is -0.214. The molecule has 2 N–H and O–H groups in total. The normalized spacial score (nSPS) is 17.5. The number of nitrogens with two attached hydrogens (primary N) is 1. The number of carbonyl (C=O) groups is 1. The number of hydrogen-bond acceptors (Lipinski definition) is 3. The second-order valence-corrected chi connectivity index (χ2v) is 7.89. The maximum absolute atomic E-state index is 12.7. The van der Waals surface area contributed by atoms with E-state index in [2.05, 4.69) is 0 Å². The molecule has 0 bridgehead atoms. The van der Waals surface area contributed by atoms with Gasteiger partial charge in [-0.1, -0.05) is 24.3 Å². The first-order chi connectivity index (χ1) is 11.0. The molecule has 1 aliphatic rings. The van der Waals surface area contributed by atoms with Crippen LogP contribution in [0.2, 0.25) is 0 Å². The third-order valence-electron chi connectivity index (χ3n) is 4.36. The van der Waals surface area contributed by atoms with E-state index >= 15 is 0 Å². The summed E-state index contributed by atoms with van der Waals surface area (Å²) in [4.78, 5) is 11.8. The van der Waals surface area contributed by atoms with Crippen molar-refractivity contribution in [3.05, 3.63) is 59.7 Å². The quantitative estimate of drug-likeness (QED) is 0.937. The fourth-order valence-electron chi connectivity index (χ4n) is 3.25. The van der Waals surface area contributed by atoms with Gasteiger partial charge in [-0.15, -0.1) is 0 Å². The third-order valence-corrected chi connectivity index (χ3v) is 6.13. The lowest BCUT2D eigenvalue weighted by Gasteiger charge is -2.25. The van der Waals surface area contributed by atoms with Gasteiger partial charge >= 0.3 is 0 Å². The summed E-state index contributed by atoms with van der Waals surface area (Å²) in [7, 11) is -3.50. The van der Waals surface area contributed by atoms with Crippen LogP contribution in [0.1, 0.15) is 36.3 Å². The molecule has 2 aromatic carbocycles. The molecule has 1 atom stereocenters. The van der Waals surface area contributed by atoms with Crippen molar-refractivity contribution in [1.82, 2.24) is 0 Å². The van der Waals surface area contributed by atoms with Crippen molar-refractivity contribution in [1.29, 1.82) is 0 Å². The van der Waals surface area contributed by atoms with Gasteiger partial charge in [-0.05, 0) is 60.6 Å². The van der Waals surface area contributed by atoms with Crippen molar-refractivity contribution in [2.75, 3.05) is 0 Å². The summed E-state index contributed by atoms with van der Waals surface area (Å²) in [5.41, 5.74) is 7.39. The first-order valence-electron chi connectivity index (χ1n) is 7.70. The molecular weight excluding hydrogens is 310 g/mol. The van der Waals surface area contributed by atoms with E-state index in [0.717, 1.165) is 30.4 Å². The standard InChI is InChI=1S/C18H19NO3S/c19-18(20)12-14-6-4-5-13-11-16(9-10-17(13)14)23(21,22)15-7-2-1-3-8-15/h1-3,7-11,14H,4-6,12H2,(H2,19,20). The highest BCUT2D eigenvalue weighted by molar-refractivity contribution is 7.91. The van der Waals surface area contributed by atoms with Crippen LogP contribution in [0.25, 0.3) is 0 Å². The van der Waals surface area contributed by atoms with Gasteiger partial charge in [-0.3, -0.25) is 4.79 Å². The fourth-order valence-corrected chi connectivity index (χ4v) is 4.58. The Labute approximate surface area is 136 Å². The molecule has 0 spiro atoms. The summed E-state index contributed by atoms with van der Waals surface area (Å²) in [6.07, 6.45) is 3.01. The lowest BCUT2D eigenvalue weighted by atomic mass is 9.81. The van der Waals surface area contributed by atoms with Crippen molar-refractivity contribution >= 4 is 15.7 Å². The van der Waals surface area contributed by atoms with E-state index in [-0.39, 0.29) is 11.8 Å². The van der Waals surface area contributed by atoms with Crippen molar-refractivity contribution in [3.8, 4) is 0 Å². The van der Waals surface area contributed by atoms with Crippen LogP contribution in [0.3, 0.4) is 0 Å². The molecule has 0 heterocycles. The van der Waals surface area contributed by atoms with Gasteiger partial charge in [-0.2, -0.15) is 0 Å². The summed E-state index contributed by atoms with van der Waals surface area (Å²) in [5, 5.41) is 0. The Morgan fingerprint density at radius 3 is 2.52 bits per heavy atom. The molecular formula is C18H19NO3S. The number of carbonyl (C=O) groups excluding carboxylic acids is 1. The zero-order valence-electron chi connectivity index (χ0n) is 12.7. The summed E-state index contributed by atoms with van der Waals surface area (Å²) in [6, 6.07) is 13.7. The van der Waals surface area contributed by atoms with Crippen LogP contribution in [0.15, 0.2) is 58.3 Å². The molecule has 0 fully saturated rings. The van der Waals surface area contributed by atoms with Crippen LogP contribution < -0.4 is 5.73 Å². The van der Waals surface area contributed by atoms with Gasteiger partial charge in [0.05, 0.1) is 9.79 Å². The Kier molecular flexibility index (Phi) is 4.22. The number of sulfone groups is 1. The Morgan fingerprint density at radius 2 is 1.83 bits per heavy atom. The predicted octanol–water partition coefficient (Wildman–Crippen LogP) is 2.81. The summed E-state index contributed by atoms with van der Waals surface area (Å²) in [6.45, 7) is 0. The Balaban J connectivity index is 2.00. The van der Waals surface area contributed by atoms with E-state index in [1.807, 2.05) is 6.07 Å². The van der Waals surface area contributed by atoms with E-state index in [4.69, 9.17) is 5.73 Å². The van der Waals surface area contributed by atoms with Crippen molar-refractivity contribution in [2.45, 2.75) is 41.4 Å². The molecule has 0 aromatic heterocycles. The van der Waals surface area contributed by atoms with Crippen LogP contribution in [0.4, 0.5) is 0 Å². The zero-order chi connectivity index (χ0) is 16.4. The largest absolute Gasteiger partial charge is 0.370 e. The van der Waals surface area contributed by atoms with Crippen LogP contribution in [0, 0.1) is 0 Å². The van der Waals surface area contributed by atoms with Gasteiger partial charge in [0, 0.05) is 6.42 Å². The number of primary amides is 1. The minimum atomic E-state index is -3.50. The van der Waals surface area contributed by atoms with Gasteiger partial charge < -0.3 is 5.73 Å². The third kappa shape index (κ3) is 3.15. The summed E-state index contributed by atoms with van der Waals surface area (Å²) < 4.78 is 25.4. The van der Waals surface area contributed by atoms with Gasteiger partial charge in [0.2, 0.25) is 15.7 Å². The molecule has 0 aliphatic heterocycles. The van der Waals surface area contributed by atoms with Gasteiger partial charge in [0.15, 0.2) is 0 Å². The molecule has 0 saturated heterocycles. The maximum Gasteiger partial charge on any atom is 0.218 e. The molecule has 2 aromatic rings. The van der Waals surface area contributed by atoms with Crippen LogP contribution in [-0.4, -0.2) is 14.3 Å². The minimum absolute atomic E-state index is 0.102. The topological polar surface area (TPSA) is 77.2 Å². The molecule has 1 unspecified atom stereocenters. The number of benzene rings is 2. The van der Waals surface area contributed by atoms with Crippen LogP contribution >= 0.6 is 0 Å². The monoisotopic (exact) mass is 329 g/mol. The average Bonchev–Trinajstić information content (AvgIpc) is 2.55. The van der Waals surface area contributed by atoms with Crippen molar-refractivity contribution in [2.24, 2.45) is 5.73 Å². The van der Waals surface area contributed by atoms with Gasteiger partial charge in [0.25, 0.3) is 0 Å². The van der Waals surface area contributed by atoms with Gasteiger partial charge in [-0.25, -0.2) is 8.42 Å². The molecule has 1 aliphatic carbocycles. The number of rotatable bonds is 4. The first kappa shape index (κ1) is 15.7. The molecule has 0 radical (unpaired) electrons. The minimum Gasteiger partial charge on any atom is -0.370 e. The lowest BCUT2D eigenvalue weighted by molar-refractivity contribution is -0.118. The molecule has 120 valence electrons. The first-order valence-corrected chi connectivity index (χ1v) is 9.18.